The van der Waals surface area contributed by atoms with Crippen molar-refractivity contribution in [3.63, 3.8) is 0 Å². The predicted molar refractivity (Wildman–Crippen MR) is 89.4 cm³/mol. The molecule has 120 valence electrons. The standard InChI is InChI=1S/C20H28O2/c1-13-6-5-7-14(2)12-17-18-16(15(3)19(21)22-17)9-11-20(18,4)10-8-13/h7,17-18H,1,5-6,8-12H2,2-4H3/b14-7+/t17-,18+,20-/m1/s1. The van der Waals surface area contributed by atoms with Crippen molar-refractivity contribution in [2.24, 2.45) is 11.3 Å². The molecule has 1 saturated carbocycles. The Labute approximate surface area is 134 Å². The largest absolute Gasteiger partial charge is 0.458 e. The van der Waals surface area contributed by atoms with E-state index in [-0.39, 0.29) is 17.5 Å². The van der Waals surface area contributed by atoms with Crippen molar-refractivity contribution in [2.75, 3.05) is 0 Å². The van der Waals surface area contributed by atoms with Gasteiger partial charge in [0.15, 0.2) is 0 Å². The average Bonchev–Trinajstić information content (AvgIpc) is 2.80. The molecule has 0 bridgehead atoms. The van der Waals surface area contributed by atoms with Gasteiger partial charge in [0.25, 0.3) is 0 Å². The molecule has 1 heterocycles. The number of ether oxygens (including phenoxy) is 1. The topological polar surface area (TPSA) is 26.3 Å². The van der Waals surface area contributed by atoms with Crippen molar-refractivity contribution >= 4 is 5.97 Å². The van der Waals surface area contributed by atoms with Crippen LogP contribution >= 0.6 is 0 Å². The highest BCUT2D eigenvalue weighted by Crippen LogP contribution is 2.55. The van der Waals surface area contributed by atoms with E-state index in [4.69, 9.17) is 4.74 Å². The molecule has 2 aliphatic carbocycles. The van der Waals surface area contributed by atoms with Gasteiger partial charge >= 0.3 is 5.97 Å². The van der Waals surface area contributed by atoms with Crippen molar-refractivity contribution in [2.45, 2.75) is 71.8 Å². The van der Waals surface area contributed by atoms with E-state index in [9.17, 15) is 4.79 Å². The Morgan fingerprint density at radius 2 is 1.95 bits per heavy atom. The van der Waals surface area contributed by atoms with E-state index in [2.05, 4.69) is 26.5 Å². The molecule has 2 heteroatoms. The Morgan fingerprint density at radius 3 is 2.73 bits per heavy atom. The van der Waals surface area contributed by atoms with Crippen LogP contribution in [0.5, 0.6) is 0 Å². The number of carbonyl (C=O) groups excluding carboxylic acids is 1. The van der Waals surface area contributed by atoms with Gasteiger partial charge in [0.2, 0.25) is 0 Å². The van der Waals surface area contributed by atoms with Crippen LogP contribution in [-0.2, 0) is 9.53 Å². The molecule has 0 radical (unpaired) electrons. The van der Waals surface area contributed by atoms with Gasteiger partial charge in [-0.15, -0.1) is 0 Å². The summed E-state index contributed by atoms with van der Waals surface area (Å²) in [7, 11) is 0. The van der Waals surface area contributed by atoms with Crippen molar-refractivity contribution in [1.29, 1.82) is 0 Å². The summed E-state index contributed by atoms with van der Waals surface area (Å²) in [6.07, 6.45) is 9.88. The lowest BCUT2D eigenvalue weighted by molar-refractivity contribution is -0.150. The Balaban J connectivity index is 2.00. The molecule has 22 heavy (non-hydrogen) atoms. The second-order valence-electron chi connectivity index (χ2n) is 7.77. The highest BCUT2D eigenvalue weighted by Gasteiger charge is 2.50. The van der Waals surface area contributed by atoms with Gasteiger partial charge in [-0.25, -0.2) is 4.79 Å². The lowest BCUT2D eigenvalue weighted by Gasteiger charge is -2.40. The molecule has 2 nitrogen and oxygen atoms in total. The van der Waals surface area contributed by atoms with Gasteiger partial charge in [0.05, 0.1) is 0 Å². The minimum atomic E-state index is -0.0902. The van der Waals surface area contributed by atoms with Gasteiger partial charge in [-0.3, -0.25) is 0 Å². The number of carbonyl (C=O) groups is 1. The fourth-order valence-corrected chi connectivity index (χ4v) is 4.62. The maximum Gasteiger partial charge on any atom is 0.333 e. The third kappa shape index (κ3) is 2.68. The van der Waals surface area contributed by atoms with Gasteiger partial charge in [0, 0.05) is 17.9 Å². The number of allylic oxidation sites excluding steroid dienone is 2. The fourth-order valence-electron chi connectivity index (χ4n) is 4.62. The second-order valence-corrected chi connectivity index (χ2v) is 7.77. The minimum absolute atomic E-state index is 0.0290. The summed E-state index contributed by atoms with van der Waals surface area (Å²) in [6.45, 7) is 10.8. The monoisotopic (exact) mass is 300 g/mol. The fraction of sp³-hybridized carbons (Fsp3) is 0.650. The van der Waals surface area contributed by atoms with Crippen LogP contribution in [0, 0.1) is 11.3 Å². The Bertz CT molecular complexity index is 566. The number of hydrogen-bond donors (Lipinski definition) is 0. The minimum Gasteiger partial charge on any atom is -0.458 e. The first-order valence-electron chi connectivity index (χ1n) is 8.63. The molecule has 3 atom stereocenters. The normalized spacial score (nSPS) is 38.8. The highest BCUT2D eigenvalue weighted by atomic mass is 16.5. The summed E-state index contributed by atoms with van der Waals surface area (Å²) < 4.78 is 5.86. The molecule has 3 aliphatic rings. The van der Waals surface area contributed by atoms with Gasteiger partial charge in [-0.05, 0) is 57.8 Å². The molecule has 0 unspecified atom stereocenters. The van der Waals surface area contributed by atoms with Gasteiger partial charge in [-0.1, -0.05) is 36.3 Å². The summed E-state index contributed by atoms with van der Waals surface area (Å²) in [5, 5.41) is 0. The summed E-state index contributed by atoms with van der Waals surface area (Å²) in [4.78, 5) is 12.2. The average molecular weight is 300 g/mol. The summed E-state index contributed by atoms with van der Waals surface area (Å²) in [5.74, 6) is 0.312. The van der Waals surface area contributed by atoms with Gasteiger partial charge in [0.1, 0.15) is 6.10 Å². The first-order chi connectivity index (χ1) is 10.4. The lowest BCUT2D eigenvalue weighted by Crippen LogP contribution is -2.40. The van der Waals surface area contributed by atoms with E-state index < -0.39 is 0 Å². The lowest BCUT2D eigenvalue weighted by atomic mass is 9.70. The molecule has 0 aromatic heterocycles. The second kappa shape index (κ2) is 5.72. The zero-order chi connectivity index (χ0) is 15.9. The smallest absolute Gasteiger partial charge is 0.333 e. The zero-order valence-electron chi connectivity index (χ0n) is 14.2. The van der Waals surface area contributed by atoms with Crippen LogP contribution < -0.4 is 0 Å². The molecule has 1 aliphatic heterocycles. The van der Waals surface area contributed by atoms with Crippen LogP contribution in [-0.4, -0.2) is 12.1 Å². The maximum absolute atomic E-state index is 12.2. The quantitative estimate of drug-likeness (QED) is 0.459. The van der Waals surface area contributed by atoms with Crippen LogP contribution in [0.4, 0.5) is 0 Å². The Morgan fingerprint density at radius 1 is 1.23 bits per heavy atom. The molecule has 0 spiro atoms. The number of hydrogen-bond acceptors (Lipinski definition) is 2. The van der Waals surface area contributed by atoms with Crippen molar-refractivity contribution in [1.82, 2.24) is 0 Å². The molecule has 0 N–H and O–H groups in total. The summed E-state index contributed by atoms with van der Waals surface area (Å²) in [6, 6.07) is 0. The van der Waals surface area contributed by atoms with Crippen molar-refractivity contribution < 1.29 is 9.53 Å². The molecule has 0 amide bonds. The molecule has 1 fully saturated rings. The molecule has 0 aromatic carbocycles. The van der Waals surface area contributed by atoms with Crippen LogP contribution in [0.2, 0.25) is 0 Å². The summed E-state index contributed by atoms with van der Waals surface area (Å²) in [5.41, 5.74) is 5.21. The molecule has 0 saturated heterocycles. The third-order valence-corrected chi connectivity index (χ3v) is 6.07. The number of esters is 1. The molecular weight excluding hydrogens is 272 g/mol. The maximum atomic E-state index is 12.2. The van der Waals surface area contributed by atoms with E-state index in [0.29, 0.717) is 5.92 Å². The van der Waals surface area contributed by atoms with E-state index >= 15 is 0 Å². The molecule has 0 aromatic rings. The SMILES string of the molecule is C=C1CC/C=C(\C)C[C@H]2OC(=O)C(C)=C3CC[C@@](C)(CC1)[C@@H]32. The van der Waals surface area contributed by atoms with E-state index in [0.717, 1.165) is 37.7 Å². The zero-order valence-corrected chi connectivity index (χ0v) is 14.2. The van der Waals surface area contributed by atoms with Gasteiger partial charge in [-0.2, -0.15) is 0 Å². The summed E-state index contributed by atoms with van der Waals surface area (Å²) >= 11 is 0. The van der Waals surface area contributed by atoms with E-state index in [1.165, 1.54) is 29.6 Å². The van der Waals surface area contributed by atoms with E-state index in [1.54, 1.807) is 0 Å². The highest BCUT2D eigenvalue weighted by molar-refractivity contribution is 5.90. The van der Waals surface area contributed by atoms with Crippen molar-refractivity contribution in [3.05, 3.63) is 34.9 Å². The first kappa shape index (κ1) is 15.6. The van der Waals surface area contributed by atoms with Crippen molar-refractivity contribution in [3.8, 4) is 0 Å². The van der Waals surface area contributed by atoms with Crippen LogP contribution in [0.3, 0.4) is 0 Å². The van der Waals surface area contributed by atoms with Crippen LogP contribution in [0.25, 0.3) is 0 Å². The molecular formula is C20H28O2. The van der Waals surface area contributed by atoms with Crippen LogP contribution in [0.1, 0.15) is 65.7 Å². The van der Waals surface area contributed by atoms with E-state index in [1.807, 2.05) is 6.92 Å². The van der Waals surface area contributed by atoms with Crippen LogP contribution in [0.15, 0.2) is 34.9 Å². The third-order valence-electron chi connectivity index (χ3n) is 6.07. The van der Waals surface area contributed by atoms with Gasteiger partial charge < -0.3 is 4.74 Å². The Kier molecular flexibility index (Phi) is 4.05. The number of rotatable bonds is 0. The molecule has 3 rings (SSSR count). The predicted octanol–water partition coefficient (Wildman–Crippen LogP) is 5.11. The Hall–Kier alpha value is -1.31. The first-order valence-corrected chi connectivity index (χ1v) is 8.63.